The minimum atomic E-state index is -0.944. The molecule has 0 aromatic heterocycles. The van der Waals surface area contributed by atoms with E-state index in [9.17, 15) is 14.7 Å². The van der Waals surface area contributed by atoms with E-state index in [2.05, 4.69) is 0 Å². The van der Waals surface area contributed by atoms with Gasteiger partial charge in [0.2, 0.25) is 0 Å². The Morgan fingerprint density at radius 2 is 1.93 bits per heavy atom. The van der Waals surface area contributed by atoms with Crippen molar-refractivity contribution in [2.24, 2.45) is 5.92 Å². The van der Waals surface area contributed by atoms with E-state index in [1.54, 1.807) is 0 Å². The van der Waals surface area contributed by atoms with E-state index in [0.717, 1.165) is 0 Å². The monoisotopic (exact) mass is 202 g/mol. The minimum absolute atomic E-state index is 0.243. The molecular formula is C9H14O5. The zero-order valence-corrected chi connectivity index (χ0v) is 7.97. The molecule has 0 amide bonds. The normalized spacial score (nSPS) is 32.3. The molecule has 0 spiro atoms. The van der Waals surface area contributed by atoms with Crippen LogP contribution < -0.4 is 0 Å². The molecule has 5 nitrogen and oxygen atoms in total. The quantitative estimate of drug-likeness (QED) is 0.623. The lowest BCUT2D eigenvalue weighted by Gasteiger charge is -2.29. The van der Waals surface area contributed by atoms with Gasteiger partial charge in [-0.1, -0.05) is 0 Å². The SMILES string of the molecule is CC(=O)O[C@@H]1C[C@H](O)C[C@H](C(=O)O)C1. The highest BCUT2D eigenvalue weighted by molar-refractivity contribution is 5.70. The van der Waals surface area contributed by atoms with Crippen molar-refractivity contribution < 1.29 is 24.5 Å². The third kappa shape index (κ3) is 2.99. The molecule has 0 aromatic carbocycles. The molecule has 1 aliphatic carbocycles. The molecule has 0 aromatic rings. The summed E-state index contributed by atoms with van der Waals surface area (Å²) < 4.78 is 4.88. The van der Waals surface area contributed by atoms with E-state index in [-0.39, 0.29) is 6.42 Å². The topological polar surface area (TPSA) is 83.8 Å². The van der Waals surface area contributed by atoms with Crippen LogP contribution in [0.4, 0.5) is 0 Å². The van der Waals surface area contributed by atoms with Crippen LogP contribution in [0.1, 0.15) is 26.2 Å². The van der Waals surface area contributed by atoms with Crippen molar-refractivity contribution in [3.63, 3.8) is 0 Å². The molecule has 1 rings (SSSR count). The number of ether oxygens (including phenoxy) is 1. The molecule has 0 saturated heterocycles. The average Bonchev–Trinajstić information content (AvgIpc) is 2.01. The minimum Gasteiger partial charge on any atom is -0.481 e. The molecule has 0 unspecified atom stereocenters. The predicted molar refractivity (Wildman–Crippen MR) is 46.5 cm³/mol. The smallest absolute Gasteiger partial charge is 0.306 e. The molecule has 80 valence electrons. The van der Waals surface area contributed by atoms with Gasteiger partial charge in [0.25, 0.3) is 0 Å². The van der Waals surface area contributed by atoms with Crippen LogP contribution in [0.2, 0.25) is 0 Å². The number of hydrogen-bond donors (Lipinski definition) is 2. The first kappa shape index (κ1) is 11.0. The van der Waals surface area contributed by atoms with E-state index >= 15 is 0 Å². The molecule has 1 fully saturated rings. The lowest BCUT2D eigenvalue weighted by atomic mass is 9.85. The van der Waals surface area contributed by atoms with Gasteiger partial charge in [-0.05, 0) is 12.8 Å². The van der Waals surface area contributed by atoms with E-state index in [0.29, 0.717) is 12.8 Å². The molecule has 3 atom stereocenters. The summed E-state index contributed by atoms with van der Waals surface area (Å²) in [6, 6.07) is 0. The first-order valence-corrected chi connectivity index (χ1v) is 4.57. The van der Waals surface area contributed by atoms with Gasteiger partial charge in [-0.3, -0.25) is 9.59 Å². The van der Waals surface area contributed by atoms with Crippen LogP contribution >= 0.6 is 0 Å². The summed E-state index contributed by atoms with van der Waals surface area (Å²) in [6.07, 6.45) is -0.269. The van der Waals surface area contributed by atoms with Crippen LogP contribution in [0.5, 0.6) is 0 Å². The number of rotatable bonds is 2. The zero-order chi connectivity index (χ0) is 10.7. The molecule has 1 aliphatic rings. The Labute approximate surface area is 81.7 Å². The second-order valence-corrected chi connectivity index (χ2v) is 3.63. The summed E-state index contributed by atoms with van der Waals surface area (Å²) in [6.45, 7) is 1.27. The second-order valence-electron chi connectivity index (χ2n) is 3.63. The maximum Gasteiger partial charge on any atom is 0.306 e. The van der Waals surface area contributed by atoms with Crippen LogP contribution in [-0.4, -0.2) is 34.4 Å². The highest BCUT2D eigenvalue weighted by Crippen LogP contribution is 2.26. The van der Waals surface area contributed by atoms with Gasteiger partial charge < -0.3 is 14.9 Å². The lowest BCUT2D eigenvalue weighted by molar-refractivity contribution is -0.157. The summed E-state index contributed by atoms with van der Waals surface area (Å²) in [4.78, 5) is 21.3. The molecule has 0 radical (unpaired) electrons. The molecule has 2 N–H and O–H groups in total. The van der Waals surface area contributed by atoms with Crippen molar-refractivity contribution in [2.75, 3.05) is 0 Å². The van der Waals surface area contributed by atoms with Crippen molar-refractivity contribution in [1.82, 2.24) is 0 Å². The molecule has 14 heavy (non-hydrogen) atoms. The van der Waals surface area contributed by atoms with Crippen LogP contribution in [0.25, 0.3) is 0 Å². The van der Waals surface area contributed by atoms with Crippen molar-refractivity contribution in [3.05, 3.63) is 0 Å². The Balaban J connectivity index is 2.53. The molecule has 0 heterocycles. The first-order valence-electron chi connectivity index (χ1n) is 4.57. The maximum absolute atomic E-state index is 10.7. The fourth-order valence-corrected chi connectivity index (χ4v) is 1.77. The van der Waals surface area contributed by atoms with Gasteiger partial charge >= 0.3 is 11.9 Å². The number of esters is 1. The molecular weight excluding hydrogens is 188 g/mol. The number of aliphatic carboxylic acids is 1. The number of aliphatic hydroxyl groups excluding tert-OH is 1. The fourth-order valence-electron chi connectivity index (χ4n) is 1.77. The predicted octanol–water partition coefficient (Wildman–Crippen LogP) is 0.164. The van der Waals surface area contributed by atoms with Gasteiger partial charge in [-0.2, -0.15) is 0 Å². The average molecular weight is 202 g/mol. The van der Waals surface area contributed by atoms with Gasteiger partial charge in [-0.25, -0.2) is 0 Å². The third-order valence-corrected chi connectivity index (χ3v) is 2.32. The van der Waals surface area contributed by atoms with Crippen molar-refractivity contribution >= 4 is 11.9 Å². The zero-order valence-electron chi connectivity index (χ0n) is 7.97. The fraction of sp³-hybridized carbons (Fsp3) is 0.778. The first-order chi connectivity index (χ1) is 6.49. The Morgan fingerprint density at radius 1 is 1.29 bits per heavy atom. The highest BCUT2D eigenvalue weighted by Gasteiger charge is 2.33. The number of carbonyl (C=O) groups is 2. The van der Waals surface area contributed by atoms with E-state index in [1.807, 2.05) is 0 Å². The van der Waals surface area contributed by atoms with E-state index in [1.165, 1.54) is 6.92 Å². The summed E-state index contributed by atoms with van der Waals surface area (Å²) in [5.74, 6) is -1.99. The standard InChI is InChI=1S/C9H14O5/c1-5(10)14-8-3-6(9(12)13)2-7(11)4-8/h6-8,11H,2-4H2,1H3,(H,12,13)/t6-,7+,8-/m0/s1. The van der Waals surface area contributed by atoms with Crippen LogP contribution in [0.15, 0.2) is 0 Å². The molecule has 0 bridgehead atoms. The van der Waals surface area contributed by atoms with Crippen molar-refractivity contribution in [1.29, 1.82) is 0 Å². The number of carboxylic acid groups (broad SMARTS) is 1. The summed E-state index contributed by atoms with van der Waals surface area (Å²) >= 11 is 0. The summed E-state index contributed by atoms with van der Waals surface area (Å²) in [7, 11) is 0. The van der Waals surface area contributed by atoms with Crippen LogP contribution in [0.3, 0.4) is 0 Å². The lowest BCUT2D eigenvalue weighted by Crippen LogP contribution is -2.35. The highest BCUT2D eigenvalue weighted by atomic mass is 16.5. The van der Waals surface area contributed by atoms with E-state index in [4.69, 9.17) is 9.84 Å². The van der Waals surface area contributed by atoms with Gasteiger partial charge in [0.1, 0.15) is 6.10 Å². The maximum atomic E-state index is 10.7. The number of carboxylic acids is 1. The Kier molecular flexibility index (Phi) is 3.46. The number of hydrogen-bond acceptors (Lipinski definition) is 4. The van der Waals surface area contributed by atoms with Gasteiger partial charge in [0.05, 0.1) is 12.0 Å². The van der Waals surface area contributed by atoms with Gasteiger partial charge in [-0.15, -0.1) is 0 Å². The Bertz CT molecular complexity index is 237. The van der Waals surface area contributed by atoms with Crippen LogP contribution in [0, 0.1) is 5.92 Å². The molecule has 5 heteroatoms. The van der Waals surface area contributed by atoms with E-state index < -0.39 is 30.1 Å². The Hall–Kier alpha value is -1.10. The third-order valence-electron chi connectivity index (χ3n) is 2.32. The van der Waals surface area contributed by atoms with Gasteiger partial charge in [0.15, 0.2) is 0 Å². The van der Waals surface area contributed by atoms with Gasteiger partial charge in [0, 0.05) is 13.3 Å². The van der Waals surface area contributed by atoms with Crippen LogP contribution in [-0.2, 0) is 14.3 Å². The summed E-state index contributed by atoms with van der Waals surface area (Å²) in [5, 5.41) is 18.1. The number of carbonyl (C=O) groups excluding carboxylic acids is 1. The molecule has 0 aliphatic heterocycles. The number of aliphatic hydroxyl groups is 1. The van der Waals surface area contributed by atoms with Crippen molar-refractivity contribution in [2.45, 2.75) is 38.4 Å². The second kappa shape index (κ2) is 4.41. The molecule has 1 saturated carbocycles. The Morgan fingerprint density at radius 3 is 2.43 bits per heavy atom. The summed E-state index contributed by atoms with van der Waals surface area (Å²) in [5.41, 5.74) is 0. The largest absolute Gasteiger partial charge is 0.481 e. The van der Waals surface area contributed by atoms with Crippen molar-refractivity contribution in [3.8, 4) is 0 Å².